The molecular weight excluding hydrogens is 214 g/mol. The lowest BCUT2D eigenvalue weighted by molar-refractivity contribution is 0.109. The van der Waals surface area contributed by atoms with Crippen LogP contribution >= 0.6 is 0 Å². The van der Waals surface area contributed by atoms with Crippen LogP contribution in [-0.4, -0.2) is 16.6 Å². The minimum atomic E-state index is 0.527. The van der Waals surface area contributed by atoms with Crippen molar-refractivity contribution in [1.29, 1.82) is 0 Å². The zero-order valence-electron chi connectivity index (χ0n) is 10.1. The van der Waals surface area contributed by atoms with Crippen molar-refractivity contribution < 1.29 is 4.74 Å². The maximum atomic E-state index is 6.02. The summed E-state index contributed by atoms with van der Waals surface area (Å²) in [5.74, 6) is 2.14. The molecule has 2 N–H and O–H groups in total. The highest BCUT2D eigenvalue weighted by atomic mass is 16.5. The van der Waals surface area contributed by atoms with E-state index < -0.39 is 0 Å². The van der Waals surface area contributed by atoms with Crippen LogP contribution in [0.5, 0.6) is 0 Å². The van der Waals surface area contributed by atoms with Crippen LogP contribution in [-0.2, 0) is 17.8 Å². The Morgan fingerprint density at radius 3 is 2.76 bits per heavy atom. The van der Waals surface area contributed by atoms with Gasteiger partial charge in [-0.15, -0.1) is 0 Å². The molecule has 1 aromatic rings. The summed E-state index contributed by atoms with van der Waals surface area (Å²) in [7, 11) is 0. The maximum Gasteiger partial charge on any atom is 0.134 e. The molecule has 2 aliphatic rings. The lowest BCUT2D eigenvalue weighted by Gasteiger charge is -2.23. The standard InChI is InChI=1S/C13H19N3O/c14-12-10-8-17-7-6-11(10)15-13(16-12)9-4-2-1-3-5-9/h9H,1-8H2,(H2,14,15,16). The molecule has 0 aromatic carbocycles. The smallest absolute Gasteiger partial charge is 0.134 e. The Hall–Kier alpha value is -1.16. The van der Waals surface area contributed by atoms with E-state index in [4.69, 9.17) is 15.5 Å². The highest BCUT2D eigenvalue weighted by Crippen LogP contribution is 2.32. The van der Waals surface area contributed by atoms with Gasteiger partial charge in [-0.25, -0.2) is 9.97 Å². The van der Waals surface area contributed by atoms with Crippen LogP contribution < -0.4 is 5.73 Å². The van der Waals surface area contributed by atoms with E-state index >= 15 is 0 Å². The lowest BCUT2D eigenvalue weighted by Crippen LogP contribution is -2.19. The SMILES string of the molecule is Nc1nc(C2CCCCC2)nc2c1COCC2. The van der Waals surface area contributed by atoms with E-state index in [2.05, 4.69) is 4.98 Å². The first-order valence-electron chi connectivity index (χ1n) is 6.57. The summed E-state index contributed by atoms with van der Waals surface area (Å²) in [5, 5.41) is 0. The molecule has 92 valence electrons. The summed E-state index contributed by atoms with van der Waals surface area (Å²) in [6.45, 7) is 1.33. The first-order chi connectivity index (χ1) is 8.34. The Labute approximate surface area is 102 Å². The number of nitrogen functional groups attached to an aromatic ring is 1. The monoisotopic (exact) mass is 233 g/mol. The third-order valence-corrected chi connectivity index (χ3v) is 3.84. The topological polar surface area (TPSA) is 61.0 Å². The molecule has 4 heteroatoms. The van der Waals surface area contributed by atoms with Crippen molar-refractivity contribution in [2.45, 2.75) is 51.0 Å². The third-order valence-electron chi connectivity index (χ3n) is 3.84. The number of rotatable bonds is 1. The van der Waals surface area contributed by atoms with Gasteiger partial charge >= 0.3 is 0 Å². The van der Waals surface area contributed by atoms with Gasteiger partial charge in [-0.05, 0) is 12.8 Å². The zero-order chi connectivity index (χ0) is 11.7. The van der Waals surface area contributed by atoms with Gasteiger partial charge in [-0.2, -0.15) is 0 Å². The maximum absolute atomic E-state index is 6.02. The van der Waals surface area contributed by atoms with Crippen molar-refractivity contribution in [3.05, 3.63) is 17.1 Å². The van der Waals surface area contributed by atoms with Crippen LogP contribution in [0.25, 0.3) is 0 Å². The Morgan fingerprint density at radius 2 is 1.94 bits per heavy atom. The average Bonchev–Trinajstić information content (AvgIpc) is 2.40. The van der Waals surface area contributed by atoms with Gasteiger partial charge in [-0.1, -0.05) is 19.3 Å². The van der Waals surface area contributed by atoms with E-state index in [9.17, 15) is 0 Å². The highest BCUT2D eigenvalue weighted by molar-refractivity contribution is 5.43. The number of hydrogen-bond acceptors (Lipinski definition) is 4. The molecule has 1 aliphatic heterocycles. The Kier molecular flexibility index (Phi) is 2.97. The third kappa shape index (κ3) is 2.14. The van der Waals surface area contributed by atoms with Crippen LogP contribution in [0.1, 0.15) is 55.1 Å². The fraction of sp³-hybridized carbons (Fsp3) is 0.692. The molecule has 1 fully saturated rings. The molecular formula is C13H19N3O. The van der Waals surface area contributed by atoms with Gasteiger partial charge in [0.2, 0.25) is 0 Å². The van der Waals surface area contributed by atoms with Gasteiger partial charge < -0.3 is 10.5 Å². The van der Waals surface area contributed by atoms with Crippen molar-refractivity contribution >= 4 is 5.82 Å². The van der Waals surface area contributed by atoms with Crippen molar-refractivity contribution in [2.75, 3.05) is 12.3 Å². The second-order valence-corrected chi connectivity index (χ2v) is 5.03. The van der Waals surface area contributed by atoms with E-state index in [0.717, 1.165) is 30.1 Å². The molecule has 0 atom stereocenters. The first kappa shape index (κ1) is 11.0. The highest BCUT2D eigenvalue weighted by Gasteiger charge is 2.22. The fourth-order valence-corrected chi connectivity index (χ4v) is 2.82. The number of nitrogens with zero attached hydrogens (tertiary/aromatic N) is 2. The first-order valence-corrected chi connectivity index (χ1v) is 6.57. The van der Waals surface area contributed by atoms with Gasteiger partial charge in [0, 0.05) is 17.9 Å². The summed E-state index contributed by atoms with van der Waals surface area (Å²) < 4.78 is 5.40. The summed E-state index contributed by atoms with van der Waals surface area (Å²) in [5.41, 5.74) is 8.14. The molecule has 1 aliphatic carbocycles. The van der Waals surface area contributed by atoms with Crippen molar-refractivity contribution in [1.82, 2.24) is 9.97 Å². The molecule has 0 saturated heterocycles. The van der Waals surface area contributed by atoms with Crippen LogP contribution in [0, 0.1) is 0 Å². The van der Waals surface area contributed by atoms with Crippen LogP contribution in [0.4, 0.5) is 5.82 Å². The van der Waals surface area contributed by atoms with Crippen molar-refractivity contribution in [3.8, 4) is 0 Å². The van der Waals surface area contributed by atoms with E-state index in [1.54, 1.807) is 0 Å². The molecule has 0 bridgehead atoms. The molecule has 1 saturated carbocycles. The largest absolute Gasteiger partial charge is 0.383 e. The molecule has 0 amide bonds. The minimum Gasteiger partial charge on any atom is -0.383 e. The summed E-state index contributed by atoms with van der Waals surface area (Å²) in [4.78, 5) is 9.22. The summed E-state index contributed by atoms with van der Waals surface area (Å²) >= 11 is 0. The fourth-order valence-electron chi connectivity index (χ4n) is 2.82. The Balaban J connectivity index is 1.92. The van der Waals surface area contributed by atoms with Crippen LogP contribution in [0.15, 0.2) is 0 Å². The Bertz CT molecular complexity index is 413. The predicted molar refractivity (Wildman–Crippen MR) is 65.6 cm³/mol. The van der Waals surface area contributed by atoms with E-state index in [1.165, 1.54) is 32.1 Å². The predicted octanol–water partition coefficient (Wildman–Crippen LogP) is 2.18. The van der Waals surface area contributed by atoms with Crippen molar-refractivity contribution in [3.63, 3.8) is 0 Å². The van der Waals surface area contributed by atoms with Gasteiger partial charge in [-0.3, -0.25) is 0 Å². The van der Waals surface area contributed by atoms with E-state index in [1.807, 2.05) is 0 Å². The molecule has 2 heterocycles. The summed E-state index contributed by atoms with van der Waals surface area (Å²) in [6.07, 6.45) is 7.26. The number of anilines is 1. The number of fused-ring (bicyclic) bond motifs is 1. The average molecular weight is 233 g/mol. The second-order valence-electron chi connectivity index (χ2n) is 5.03. The van der Waals surface area contributed by atoms with Gasteiger partial charge in [0.05, 0.1) is 18.9 Å². The number of nitrogens with two attached hydrogens (primary N) is 1. The molecule has 0 spiro atoms. The van der Waals surface area contributed by atoms with Gasteiger partial charge in [0.15, 0.2) is 0 Å². The normalized spacial score (nSPS) is 21.2. The van der Waals surface area contributed by atoms with Gasteiger partial charge in [0.1, 0.15) is 11.6 Å². The molecule has 17 heavy (non-hydrogen) atoms. The quantitative estimate of drug-likeness (QED) is 0.807. The summed E-state index contributed by atoms with van der Waals surface area (Å²) in [6, 6.07) is 0. The minimum absolute atomic E-state index is 0.527. The number of ether oxygens (including phenoxy) is 1. The molecule has 3 rings (SSSR count). The van der Waals surface area contributed by atoms with Crippen LogP contribution in [0.3, 0.4) is 0 Å². The van der Waals surface area contributed by atoms with Gasteiger partial charge in [0.25, 0.3) is 0 Å². The molecule has 1 aromatic heterocycles. The number of hydrogen-bond donors (Lipinski definition) is 1. The molecule has 0 unspecified atom stereocenters. The Morgan fingerprint density at radius 1 is 1.12 bits per heavy atom. The number of aromatic nitrogens is 2. The lowest BCUT2D eigenvalue weighted by atomic mass is 9.88. The second kappa shape index (κ2) is 4.61. The van der Waals surface area contributed by atoms with E-state index in [-0.39, 0.29) is 0 Å². The molecule has 0 radical (unpaired) electrons. The van der Waals surface area contributed by atoms with Crippen LogP contribution in [0.2, 0.25) is 0 Å². The molecule has 4 nitrogen and oxygen atoms in total. The zero-order valence-corrected chi connectivity index (χ0v) is 10.1. The van der Waals surface area contributed by atoms with E-state index in [0.29, 0.717) is 18.3 Å². The van der Waals surface area contributed by atoms with Crippen molar-refractivity contribution in [2.24, 2.45) is 0 Å².